The average Bonchev–Trinajstić information content (AvgIpc) is 3.12. The smallest absolute Gasteiger partial charge is 0.414 e. The number of halogens is 1. The number of nitriles is 1. The van der Waals surface area contributed by atoms with Gasteiger partial charge in [0.15, 0.2) is 0 Å². The lowest BCUT2D eigenvalue weighted by molar-refractivity contribution is -0.130. The second-order valence-electron chi connectivity index (χ2n) is 6.83. The molecule has 1 aromatic carbocycles. The predicted molar refractivity (Wildman–Crippen MR) is 110 cm³/mol. The molecule has 0 aliphatic carbocycles. The van der Waals surface area contributed by atoms with Crippen molar-refractivity contribution in [3.05, 3.63) is 24.0 Å². The molecule has 11 heteroatoms. The molecular formula is C19H22FN5O4S. The molecule has 1 N–H and O–H groups in total. The summed E-state index contributed by atoms with van der Waals surface area (Å²) >= 11 is 1.03. The van der Waals surface area contributed by atoms with Crippen LogP contribution in [-0.4, -0.2) is 73.8 Å². The topological polar surface area (TPSA) is 106 Å². The summed E-state index contributed by atoms with van der Waals surface area (Å²) in [7, 11) is 0. The number of piperazine rings is 1. The lowest BCUT2D eigenvalue weighted by atomic mass is 10.2. The molecule has 2 fully saturated rings. The Balaban J connectivity index is 1.61. The van der Waals surface area contributed by atoms with Gasteiger partial charge in [-0.2, -0.15) is 5.26 Å². The Labute approximate surface area is 177 Å². The van der Waals surface area contributed by atoms with Crippen LogP contribution in [-0.2, 0) is 9.53 Å². The molecule has 2 saturated heterocycles. The van der Waals surface area contributed by atoms with Crippen LogP contribution in [0.25, 0.3) is 0 Å². The second kappa shape index (κ2) is 9.67. The molecular weight excluding hydrogens is 413 g/mol. The summed E-state index contributed by atoms with van der Waals surface area (Å²) in [5.41, 5.74) is 0.769. The first kappa shape index (κ1) is 21.7. The lowest BCUT2D eigenvalue weighted by Gasteiger charge is -2.36. The second-order valence-corrected chi connectivity index (χ2v) is 7.61. The SMILES string of the molecule is CSC(=O)NC[C@H]1CN(c2ccc(N3CCN(C(=O)CC#N)CC3)c(F)c2)C(=O)O1. The molecule has 0 radical (unpaired) electrons. The molecule has 3 rings (SSSR count). The molecule has 2 aliphatic heterocycles. The number of ether oxygens (including phenoxy) is 1. The first-order valence-electron chi connectivity index (χ1n) is 9.42. The molecule has 2 heterocycles. The maximum absolute atomic E-state index is 14.8. The number of cyclic esters (lactones) is 1. The van der Waals surface area contributed by atoms with Crippen LogP contribution in [0.4, 0.5) is 25.4 Å². The van der Waals surface area contributed by atoms with Crippen LogP contribution >= 0.6 is 11.8 Å². The Morgan fingerprint density at radius 2 is 2.07 bits per heavy atom. The summed E-state index contributed by atoms with van der Waals surface area (Å²) in [4.78, 5) is 40.0. The number of nitrogens with one attached hydrogen (secondary N) is 1. The largest absolute Gasteiger partial charge is 0.442 e. The highest BCUT2D eigenvalue weighted by Gasteiger charge is 2.33. The standard InChI is InChI=1S/C19H22FN5O4S/c1-30-18(27)22-11-14-12-25(19(28)29-14)13-2-3-16(15(20)10-13)23-6-8-24(9-7-23)17(26)4-5-21/h2-3,10,14H,4,6-9,11-12H2,1H3,(H,22,27)/t14-/m0/s1. The summed E-state index contributed by atoms with van der Waals surface area (Å²) < 4.78 is 20.0. The van der Waals surface area contributed by atoms with Crippen LogP contribution in [0.2, 0.25) is 0 Å². The van der Waals surface area contributed by atoms with Gasteiger partial charge in [-0.1, -0.05) is 11.8 Å². The average molecular weight is 435 g/mol. The van der Waals surface area contributed by atoms with Gasteiger partial charge in [0.2, 0.25) is 5.91 Å². The van der Waals surface area contributed by atoms with Crippen molar-refractivity contribution in [3.63, 3.8) is 0 Å². The fraction of sp³-hybridized carbons (Fsp3) is 0.474. The maximum Gasteiger partial charge on any atom is 0.414 e. The molecule has 160 valence electrons. The zero-order valence-electron chi connectivity index (χ0n) is 16.5. The quantitative estimate of drug-likeness (QED) is 0.752. The normalized spacial score (nSPS) is 18.8. The summed E-state index contributed by atoms with van der Waals surface area (Å²) in [6, 6.07) is 6.38. The van der Waals surface area contributed by atoms with Crippen molar-refractivity contribution < 1.29 is 23.5 Å². The third kappa shape index (κ3) is 4.94. The molecule has 0 saturated carbocycles. The van der Waals surface area contributed by atoms with Gasteiger partial charge >= 0.3 is 6.09 Å². The number of amides is 3. The fourth-order valence-electron chi connectivity index (χ4n) is 3.40. The van der Waals surface area contributed by atoms with Crippen molar-refractivity contribution in [2.75, 3.05) is 55.3 Å². The number of benzene rings is 1. The van der Waals surface area contributed by atoms with Crippen molar-refractivity contribution >= 4 is 40.4 Å². The molecule has 9 nitrogen and oxygen atoms in total. The Hall–Kier alpha value is -3.00. The van der Waals surface area contributed by atoms with Crippen LogP contribution in [0.3, 0.4) is 0 Å². The first-order chi connectivity index (χ1) is 14.4. The van der Waals surface area contributed by atoms with Crippen molar-refractivity contribution in [1.29, 1.82) is 5.26 Å². The van der Waals surface area contributed by atoms with Gasteiger partial charge in [0.1, 0.15) is 18.3 Å². The monoisotopic (exact) mass is 435 g/mol. The van der Waals surface area contributed by atoms with E-state index in [1.165, 1.54) is 11.0 Å². The predicted octanol–water partition coefficient (Wildman–Crippen LogP) is 1.79. The minimum absolute atomic E-state index is 0.156. The third-order valence-corrected chi connectivity index (χ3v) is 5.49. The number of anilines is 2. The van der Waals surface area contributed by atoms with Gasteiger partial charge in [0.05, 0.1) is 30.5 Å². The summed E-state index contributed by atoms with van der Waals surface area (Å²) in [6.45, 7) is 2.16. The Kier molecular flexibility index (Phi) is 6.99. The van der Waals surface area contributed by atoms with Crippen molar-refractivity contribution in [1.82, 2.24) is 10.2 Å². The number of nitrogens with zero attached hydrogens (tertiary/aromatic N) is 4. The molecule has 1 aromatic rings. The summed E-state index contributed by atoms with van der Waals surface area (Å²) in [5.74, 6) is -0.694. The van der Waals surface area contributed by atoms with E-state index in [0.717, 1.165) is 11.8 Å². The number of thioether (sulfide) groups is 1. The molecule has 1 atom stereocenters. The van der Waals surface area contributed by atoms with Gasteiger partial charge in [0, 0.05) is 26.2 Å². The zero-order chi connectivity index (χ0) is 21.7. The molecule has 30 heavy (non-hydrogen) atoms. The van der Waals surface area contributed by atoms with Gasteiger partial charge in [0.25, 0.3) is 5.24 Å². The highest BCUT2D eigenvalue weighted by molar-refractivity contribution is 8.12. The van der Waals surface area contributed by atoms with Gasteiger partial charge in [-0.05, 0) is 24.5 Å². The highest BCUT2D eigenvalue weighted by Crippen LogP contribution is 2.28. The molecule has 0 bridgehead atoms. The highest BCUT2D eigenvalue weighted by atomic mass is 32.2. The van der Waals surface area contributed by atoms with Crippen molar-refractivity contribution in [3.8, 4) is 6.07 Å². The Bertz CT molecular complexity index is 869. The van der Waals surface area contributed by atoms with E-state index in [-0.39, 0.29) is 30.7 Å². The Morgan fingerprint density at radius 3 is 2.70 bits per heavy atom. The van der Waals surface area contributed by atoms with Gasteiger partial charge < -0.3 is 19.9 Å². The van der Waals surface area contributed by atoms with Gasteiger partial charge in [-0.15, -0.1) is 0 Å². The zero-order valence-corrected chi connectivity index (χ0v) is 17.3. The third-order valence-electron chi connectivity index (χ3n) is 4.98. The Morgan fingerprint density at radius 1 is 1.33 bits per heavy atom. The van der Waals surface area contributed by atoms with Crippen LogP contribution in [0.5, 0.6) is 0 Å². The fourth-order valence-corrected chi connectivity index (χ4v) is 3.63. The van der Waals surface area contributed by atoms with Crippen LogP contribution in [0, 0.1) is 17.1 Å². The number of carbonyl (C=O) groups is 3. The van der Waals surface area contributed by atoms with E-state index in [2.05, 4.69) is 5.32 Å². The maximum atomic E-state index is 14.8. The molecule has 0 spiro atoms. The minimum atomic E-state index is -0.588. The number of hydrogen-bond donors (Lipinski definition) is 1. The number of carbonyl (C=O) groups excluding carboxylic acids is 3. The van der Waals surface area contributed by atoms with Gasteiger partial charge in [-0.3, -0.25) is 14.5 Å². The lowest BCUT2D eigenvalue weighted by Crippen LogP contribution is -2.49. The number of hydrogen-bond acceptors (Lipinski definition) is 7. The van der Waals surface area contributed by atoms with E-state index >= 15 is 0 Å². The van der Waals surface area contributed by atoms with E-state index in [1.54, 1.807) is 23.3 Å². The van der Waals surface area contributed by atoms with Crippen LogP contribution < -0.4 is 15.1 Å². The van der Waals surface area contributed by atoms with E-state index in [4.69, 9.17) is 10.00 Å². The molecule has 0 aromatic heterocycles. The van der Waals surface area contributed by atoms with E-state index in [9.17, 15) is 18.8 Å². The van der Waals surface area contributed by atoms with E-state index in [1.807, 2.05) is 11.0 Å². The molecule has 2 aliphatic rings. The van der Waals surface area contributed by atoms with Crippen molar-refractivity contribution in [2.24, 2.45) is 0 Å². The van der Waals surface area contributed by atoms with Gasteiger partial charge in [-0.25, -0.2) is 9.18 Å². The minimum Gasteiger partial charge on any atom is -0.442 e. The van der Waals surface area contributed by atoms with Crippen LogP contribution in [0.1, 0.15) is 6.42 Å². The van der Waals surface area contributed by atoms with E-state index in [0.29, 0.717) is 37.6 Å². The molecule has 0 unspecified atom stereocenters. The summed E-state index contributed by atoms with van der Waals surface area (Å²) in [5, 5.41) is 11.1. The van der Waals surface area contributed by atoms with Crippen LogP contribution in [0.15, 0.2) is 18.2 Å². The molecule has 3 amide bonds. The first-order valence-corrected chi connectivity index (χ1v) is 10.6. The summed E-state index contributed by atoms with van der Waals surface area (Å²) in [6.07, 6.45) is 0.402. The van der Waals surface area contributed by atoms with Crippen molar-refractivity contribution in [2.45, 2.75) is 12.5 Å². The number of rotatable bonds is 5. The van der Waals surface area contributed by atoms with E-state index < -0.39 is 18.0 Å².